The second-order valence-electron chi connectivity index (χ2n) is 9.05. The highest BCUT2D eigenvalue weighted by Crippen LogP contribution is 2.69. The van der Waals surface area contributed by atoms with Crippen LogP contribution in [0.1, 0.15) is 43.2 Å². The van der Waals surface area contributed by atoms with Crippen LogP contribution < -0.4 is 14.3 Å². The van der Waals surface area contributed by atoms with E-state index in [1.165, 1.54) is 25.7 Å². The van der Waals surface area contributed by atoms with Gasteiger partial charge in [0, 0.05) is 24.3 Å². The fraction of sp³-hybridized carbons (Fsp3) is 0.571. The Morgan fingerprint density at radius 1 is 1.16 bits per heavy atom. The number of benzene rings is 1. The maximum Gasteiger partial charge on any atom is 0.328 e. The molecule has 1 aromatic rings. The Bertz CT molecular complexity index is 951. The molecule has 168 valence electrons. The fourth-order valence-corrected chi connectivity index (χ4v) is 6.99. The van der Waals surface area contributed by atoms with Crippen molar-refractivity contribution >= 4 is 19.9 Å². The summed E-state index contributed by atoms with van der Waals surface area (Å²) in [7, 11) is -3.88. The molecule has 4 bridgehead atoms. The summed E-state index contributed by atoms with van der Waals surface area (Å²) in [6.07, 6.45) is 7.36. The largest absolute Gasteiger partial charge is 0.780 e. The van der Waals surface area contributed by atoms with Crippen LogP contribution in [0.2, 0.25) is 0 Å². The number of phosphoric acid groups is 1. The molecule has 31 heavy (non-hydrogen) atoms. The number of rotatable bonds is 6. The number of aliphatic carboxylic acids is 1. The van der Waals surface area contributed by atoms with E-state index in [-0.39, 0.29) is 23.1 Å². The quantitative estimate of drug-likeness (QED) is 0.391. The zero-order valence-corrected chi connectivity index (χ0v) is 17.8. The van der Waals surface area contributed by atoms with Crippen molar-refractivity contribution in [3.05, 3.63) is 35.4 Å². The number of hydrogen-bond donors (Lipinski definition) is 1. The number of hydrogen-bond acceptors (Lipinski definition) is 8. The highest BCUT2D eigenvalue weighted by atomic mass is 31.2. The van der Waals surface area contributed by atoms with Crippen LogP contribution in [0.25, 0.3) is 6.08 Å². The third-order valence-electron chi connectivity index (χ3n) is 7.46. The molecule has 0 amide bonds. The minimum Gasteiger partial charge on any atom is -0.780 e. The standard InChI is InChI=1S/C21H25O9P/c1-27-21(20(29-30-21)16-7-12-6-13(9-16)10-17(20)8-12)15-4-2-14(3-5-19(22)23)18(11-15)28-31(24,25)26/h2-5,11-13,16-17H,6-10H2,1H3,(H,22,23)(H2,24,25,26)/p-2/b5-3+. The smallest absolute Gasteiger partial charge is 0.328 e. The molecular formula is C21H23O9P-2. The van der Waals surface area contributed by atoms with E-state index in [0.717, 1.165) is 37.8 Å². The summed E-state index contributed by atoms with van der Waals surface area (Å²) in [5.41, 5.74) is -0.0999. The second-order valence-corrected chi connectivity index (χ2v) is 10.1. The molecule has 6 rings (SSSR count). The average Bonchev–Trinajstić information content (AvgIpc) is 2.65. The van der Waals surface area contributed by atoms with E-state index in [9.17, 15) is 19.1 Å². The van der Waals surface area contributed by atoms with Crippen LogP contribution in [0, 0.1) is 23.7 Å². The lowest BCUT2D eigenvalue weighted by Crippen LogP contribution is -2.76. The summed E-state index contributed by atoms with van der Waals surface area (Å²) >= 11 is 0. The zero-order valence-electron chi connectivity index (χ0n) is 16.9. The molecule has 1 aliphatic heterocycles. The van der Waals surface area contributed by atoms with Gasteiger partial charge in [0.15, 0.2) is 5.60 Å². The number of carbonyl (C=O) groups is 1. The molecule has 1 spiro atoms. The van der Waals surface area contributed by atoms with Crippen molar-refractivity contribution in [1.82, 2.24) is 0 Å². The summed E-state index contributed by atoms with van der Waals surface area (Å²) in [5.74, 6) is -0.911. The molecule has 1 aromatic carbocycles. The number of carboxylic acid groups (broad SMARTS) is 1. The van der Waals surface area contributed by atoms with E-state index < -0.39 is 25.2 Å². The van der Waals surface area contributed by atoms with Gasteiger partial charge in [0.05, 0.1) is 0 Å². The van der Waals surface area contributed by atoms with Crippen molar-refractivity contribution in [3.63, 3.8) is 0 Å². The van der Waals surface area contributed by atoms with E-state index in [0.29, 0.717) is 17.4 Å². The third kappa shape index (κ3) is 3.18. The Morgan fingerprint density at radius 2 is 1.81 bits per heavy atom. The Balaban J connectivity index is 1.57. The van der Waals surface area contributed by atoms with Gasteiger partial charge in [0.25, 0.3) is 5.79 Å². The molecule has 5 aliphatic rings. The topological polar surface area (TPSA) is 137 Å². The summed E-state index contributed by atoms with van der Waals surface area (Å²) in [4.78, 5) is 45.0. The molecule has 1 N–H and O–H groups in total. The lowest BCUT2D eigenvalue weighted by molar-refractivity contribution is -0.645. The van der Waals surface area contributed by atoms with Crippen LogP contribution in [0.15, 0.2) is 24.3 Å². The molecule has 1 saturated heterocycles. The van der Waals surface area contributed by atoms with Gasteiger partial charge < -0.3 is 28.7 Å². The van der Waals surface area contributed by atoms with Crippen LogP contribution in [-0.2, 0) is 29.7 Å². The maximum absolute atomic E-state index is 11.3. The van der Waals surface area contributed by atoms with Gasteiger partial charge in [0.2, 0.25) is 0 Å². The van der Waals surface area contributed by atoms with Gasteiger partial charge in [-0.1, -0.05) is 12.1 Å². The Morgan fingerprint density at radius 3 is 2.29 bits per heavy atom. The summed E-state index contributed by atoms with van der Waals surface area (Å²) in [6.45, 7) is 0. The molecular weight excluding hydrogens is 427 g/mol. The van der Waals surface area contributed by atoms with Crippen molar-refractivity contribution < 1.29 is 43.3 Å². The number of carboxylic acids is 1. The molecule has 4 saturated carbocycles. The average molecular weight is 450 g/mol. The first-order chi connectivity index (χ1) is 14.7. The van der Waals surface area contributed by atoms with Crippen molar-refractivity contribution in [2.75, 3.05) is 7.11 Å². The van der Waals surface area contributed by atoms with E-state index in [4.69, 9.17) is 19.6 Å². The molecule has 4 aliphatic carbocycles. The lowest BCUT2D eigenvalue weighted by Gasteiger charge is -2.68. The van der Waals surface area contributed by atoms with E-state index >= 15 is 0 Å². The van der Waals surface area contributed by atoms with Crippen molar-refractivity contribution in [1.29, 1.82) is 0 Å². The van der Waals surface area contributed by atoms with Gasteiger partial charge in [-0.3, -0.25) is 0 Å². The zero-order chi connectivity index (χ0) is 22.0. The van der Waals surface area contributed by atoms with Gasteiger partial charge >= 0.3 is 5.97 Å². The van der Waals surface area contributed by atoms with Crippen molar-refractivity contribution in [2.45, 2.75) is 43.5 Å². The summed E-state index contributed by atoms with van der Waals surface area (Å²) < 4.78 is 21.9. The first kappa shape index (κ1) is 21.1. The van der Waals surface area contributed by atoms with Gasteiger partial charge in [-0.2, -0.15) is 4.89 Å². The summed E-state index contributed by atoms with van der Waals surface area (Å²) in [6, 6.07) is 4.50. The predicted molar refractivity (Wildman–Crippen MR) is 102 cm³/mol. The van der Waals surface area contributed by atoms with Crippen LogP contribution in [-0.4, -0.2) is 23.8 Å². The minimum atomic E-state index is -5.39. The van der Waals surface area contributed by atoms with Crippen LogP contribution >= 0.6 is 7.82 Å². The SMILES string of the molecule is COC1(c2ccc(/C=C/C(=O)O)c(OP(=O)([O-])[O-])c2)OOC12C1CC3CC(C1)CC2C3. The normalized spacial score (nSPS) is 38.5. The van der Waals surface area contributed by atoms with Gasteiger partial charge in [0.1, 0.15) is 13.6 Å². The first-order valence-corrected chi connectivity index (χ1v) is 11.8. The molecule has 5 fully saturated rings. The maximum atomic E-state index is 11.3. The summed E-state index contributed by atoms with van der Waals surface area (Å²) in [5, 5.41) is 8.89. The Kier molecular flexibility index (Phi) is 4.86. The number of ether oxygens (including phenoxy) is 1. The van der Waals surface area contributed by atoms with Crippen LogP contribution in [0.5, 0.6) is 5.75 Å². The second kappa shape index (κ2) is 7.13. The van der Waals surface area contributed by atoms with Crippen molar-refractivity contribution in [2.24, 2.45) is 23.7 Å². The lowest BCUT2D eigenvalue weighted by atomic mass is 9.47. The molecule has 0 aromatic heterocycles. The minimum absolute atomic E-state index is 0.128. The highest BCUT2D eigenvalue weighted by molar-refractivity contribution is 7.43. The monoisotopic (exact) mass is 450 g/mol. The molecule has 1 atom stereocenters. The molecule has 1 unspecified atom stereocenters. The fourth-order valence-electron chi connectivity index (χ4n) is 6.59. The highest BCUT2D eigenvalue weighted by Gasteiger charge is 2.76. The van der Waals surface area contributed by atoms with Gasteiger partial charge in [-0.15, -0.1) is 0 Å². The number of methoxy groups -OCH3 is 1. The third-order valence-corrected chi connectivity index (χ3v) is 7.88. The Hall–Kier alpha value is -1.74. The predicted octanol–water partition coefficient (Wildman–Crippen LogP) is 1.95. The first-order valence-electron chi connectivity index (χ1n) is 10.4. The molecule has 0 radical (unpaired) electrons. The molecule has 9 nitrogen and oxygen atoms in total. The molecule has 10 heteroatoms. The van der Waals surface area contributed by atoms with E-state index in [2.05, 4.69) is 4.52 Å². The van der Waals surface area contributed by atoms with Gasteiger partial charge in [-0.05, 0) is 67.9 Å². The van der Waals surface area contributed by atoms with E-state index in [1.54, 1.807) is 6.07 Å². The van der Waals surface area contributed by atoms with Crippen LogP contribution in [0.4, 0.5) is 0 Å². The van der Waals surface area contributed by atoms with E-state index in [1.807, 2.05) is 0 Å². The van der Waals surface area contributed by atoms with Crippen molar-refractivity contribution in [3.8, 4) is 5.75 Å². The molecule has 1 heterocycles. The Labute approximate surface area is 179 Å². The van der Waals surface area contributed by atoms with Crippen LogP contribution in [0.3, 0.4) is 0 Å². The number of phosphoric ester groups is 1. The van der Waals surface area contributed by atoms with Gasteiger partial charge in [-0.25, -0.2) is 9.68 Å².